The van der Waals surface area contributed by atoms with Gasteiger partial charge in [-0.1, -0.05) is 77.7 Å². The molecule has 5 aromatic rings. The Labute approximate surface area is 314 Å². The van der Waals surface area contributed by atoms with Crippen molar-refractivity contribution in [2.75, 3.05) is 23.0 Å². The molecule has 16 heteroatoms. The molecule has 0 saturated heterocycles. The van der Waals surface area contributed by atoms with Crippen LogP contribution in [0.4, 0.5) is 5.69 Å². The maximum atomic E-state index is 13.4. The Morgan fingerprint density at radius 1 is 0.811 bits per heavy atom. The molecular weight excluding hydrogens is 757 g/mol. The number of allylic oxidation sites excluding steroid dienone is 2. The molecule has 1 aliphatic heterocycles. The number of oxazole rings is 1. The van der Waals surface area contributed by atoms with Gasteiger partial charge in [-0.25, -0.2) is 4.79 Å². The van der Waals surface area contributed by atoms with E-state index in [1.54, 1.807) is 35.8 Å². The van der Waals surface area contributed by atoms with Crippen molar-refractivity contribution in [3.8, 4) is 0 Å². The van der Waals surface area contributed by atoms with Gasteiger partial charge in [-0.05, 0) is 61.3 Å². The molecule has 276 valence electrons. The maximum Gasteiger partial charge on any atom is 0.363 e. The van der Waals surface area contributed by atoms with Crippen molar-refractivity contribution < 1.29 is 34.9 Å². The van der Waals surface area contributed by atoms with Crippen molar-refractivity contribution in [2.24, 2.45) is 5.10 Å². The second-order valence-corrected chi connectivity index (χ2v) is 17.3. The first kappa shape index (κ1) is 38.2. The Hall–Kier alpha value is -4.58. The van der Waals surface area contributed by atoms with Gasteiger partial charge in [0.1, 0.15) is 4.70 Å². The standard InChI is InChI=1S/C37H36N4O8S4/c42-37-31(21-22-36-40(24-9-11-26-53(46,47)48)30-16-5-7-18-33(30)51-36)41(38-27-28-13-2-1-3-14-28)34(49-37)19-12-20-35-39(23-8-10-25-52(43,44)45)29-15-4-6-17-32(29)50-35/h1-7,12-22,27H,8-11,23-26H2,(H-,43,44,45,46,47,48)/p+1. The number of nitrogens with zero attached hydrogens (tertiary/aromatic N) is 4. The minimum absolute atomic E-state index is 0.183. The molecule has 0 spiro atoms. The van der Waals surface area contributed by atoms with Crippen LogP contribution >= 0.6 is 23.1 Å². The van der Waals surface area contributed by atoms with Crippen LogP contribution in [0.5, 0.6) is 0 Å². The molecule has 2 aromatic heterocycles. The molecule has 3 aromatic carbocycles. The zero-order chi connectivity index (χ0) is 37.4. The first-order chi connectivity index (χ1) is 25.4. The van der Waals surface area contributed by atoms with E-state index in [1.807, 2.05) is 91.0 Å². The van der Waals surface area contributed by atoms with E-state index in [2.05, 4.69) is 14.6 Å². The molecule has 0 bridgehead atoms. The van der Waals surface area contributed by atoms with Crippen molar-refractivity contribution in [1.82, 2.24) is 4.68 Å². The van der Waals surface area contributed by atoms with Gasteiger partial charge in [-0.3, -0.25) is 9.11 Å². The number of anilines is 1. The van der Waals surface area contributed by atoms with E-state index in [0.717, 1.165) is 36.4 Å². The highest BCUT2D eigenvalue weighted by atomic mass is 32.2. The smallest absolute Gasteiger partial charge is 0.363 e. The Balaban J connectivity index is 1.35. The van der Waals surface area contributed by atoms with Crippen LogP contribution in [-0.2, 0) is 26.8 Å². The molecule has 0 aliphatic carbocycles. The number of hydrogen-bond acceptors (Lipinski definition) is 10. The highest BCUT2D eigenvalue weighted by Gasteiger charge is 2.24. The summed E-state index contributed by atoms with van der Waals surface area (Å²) in [6.45, 7) is 1.04. The Morgan fingerprint density at radius 3 is 2.28 bits per heavy atom. The average molecular weight is 794 g/mol. The Bertz CT molecular complexity index is 2590. The predicted octanol–water partition coefficient (Wildman–Crippen LogP) is 4.89. The van der Waals surface area contributed by atoms with Crippen LogP contribution in [0.1, 0.15) is 36.3 Å². The zero-order valence-corrected chi connectivity index (χ0v) is 31.7. The number of aryl methyl sites for hydroxylation is 1. The lowest BCUT2D eigenvalue weighted by atomic mass is 10.2. The number of benzene rings is 3. The molecule has 1 aliphatic rings. The topological polar surface area (TPSA) is 163 Å². The number of fused-ring (bicyclic) bond motifs is 2. The number of hydrogen-bond donors (Lipinski definition) is 2. The van der Waals surface area contributed by atoms with E-state index < -0.39 is 25.9 Å². The quantitative estimate of drug-likeness (QED) is 0.0646. The molecule has 6 rings (SSSR count). The van der Waals surface area contributed by atoms with Gasteiger partial charge < -0.3 is 9.32 Å². The van der Waals surface area contributed by atoms with E-state index in [4.69, 9.17) is 8.97 Å². The molecule has 0 fully saturated rings. The SMILES string of the molecule is O=c1oc(=CC=Cc2sc3ccccc3[n+]2CCCCS(=O)(=O)O)n(N=Cc2ccccc2)c1=CC=C1Sc2ccccc2N1CCCCS(=O)(=O)O. The van der Waals surface area contributed by atoms with Crippen molar-refractivity contribution in [1.29, 1.82) is 0 Å². The molecule has 0 unspecified atom stereocenters. The van der Waals surface area contributed by atoms with E-state index in [0.29, 0.717) is 38.8 Å². The molecule has 0 atom stereocenters. The Kier molecular flexibility index (Phi) is 12.3. The molecular formula is C37H37N4O8S4+. The summed E-state index contributed by atoms with van der Waals surface area (Å²) < 4.78 is 73.6. The van der Waals surface area contributed by atoms with Crippen LogP contribution in [-0.4, -0.2) is 54.9 Å². The number of para-hydroxylation sites is 2. The van der Waals surface area contributed by atoms with Crippen molar-refractivity contribution >= 4 is 83.7 Å². The summed E-state index contributed by atoms with van der Waals surface area (Å²) in [5.74, 6) is -0.618. The maximum absolute atomic E-state index is 13.4. The molecule has 0 amide bonds. The third-order valence-corrected chi connectivity index (χ3v) is 12.0. The summed E-state index contributed by atoms with van der Waals surface area (Å²) in [5, 5.41) is 6.54. The minimum Gasteiger partial charge on any atom is -0.403 e. The Morgan fingerprint density at radius 2 is 1.51 bits per heavy atom. The second kappa shape index (κ2) is 17.0. The van der Waals surface area contributed by atoms with Crippen LogP contribution in [0.25, 0.3) is 28.4 Å². The number of unbranched alkanes of at least 4 members (excludes halogenated alkanes) is 2. The molecule has 12 nitrogen and oxygen atoms in total. The third kappa shape index (κ3) is 10.3. The molecule has 0 saturated carbocycles. The van der Waals surface area contributed by atoms with Gasteiger partial charge in [-0.2, -0.15) is 31.2 Å². The van der Waals surface area contributed by atoms with Gasteiger partial charge in [0.05, 0.1) is 28.4 Å². The van der Waals surface area contributed by atoms with Gasteiger partial charge in [0.2, 0.25) is 11.1 Å². The van der Waals surface area contributed by atoms with Gasteiger partial charge in [-0.15, -0.1) is 0 Å². The predicted molar refractivity (Wildman–Crippen MR) is 211 cm³/mol. The van der Waals surface area contributed by atoms with Gasteiger partial charge in [0, 0.05) is 36.1 Å². The first-order valence-electron chi connectivity index (χ1n) is 16.7. The normalized spacial score (nSPS) is 15.2. The van der Waals surface area contributed by atoms with E-state index >= 15 is 0 Å². The lowest BCUT2D eigenvalue weighted by Gasteiger charge is -2.20. The lowest BCUT2D eigenvalue weighted by Crippen LogP contribution is -2.35. The number of rotatable bonds is 15. The van der Waals surface area contributed by atoms with Crippen LogP contribution in [0, 0.1) is 0 Å². The summed E-state index contributed by atoms with van der Waals surface area (Å²) in [6.07, 6.45) is 12.1. The fraction of sp³-hybridized carbons (Fsp3) is 0.216. The minimum atomic E-state index is -4.05. The summed E-state index contributed by atoms with van der Waals surface area (Å²) in [6, 6.07) is 25.2. The highest BCUT2D eigenvalue weighted by molar-refractivity contribution is 8.03. The fourth-order valence-electron chi connectivity index (χ4n) is 5.71. The van der Waals surface area contributed by atoms with Crippen molar-refractivity contribution in [3.05, 3.63) is 128 Å². The van der Waals surface area contributed by atoms with E-state index in [1.165, 1.54) is 16.4 Å². The first-order valence-corrected chi connectivity index (χ1v) is 21.6. The summed E-state index contributed by atoms with van der Waals surface area (Å²) in [4.78, 5) is 16.4. The average Bonchev–Trinajstić information content (AvgIpc) is 3.76. The van der Waals surface area contributed by atoms with E-state index in [9.17, 15) is 26.2 Å². The molecule has 3 heterocycles. The summed E-state index contributed by atoms with van der Waals surface area (Å²) >= 11 is 3.09. The molecule has 2 N–H and O–H groups in total. The summed E-state index contributed by atoms with van der Waals surface area (Å²) in [5.41, 5.74) is 2.37. The lowest BCUT2D eigenvalue weighted by molar-refractivity contribution is -0.669. The highest BCUT2D eigenvalue weighted by Crippen LogP contribution is 2.45. The molecule has 0 radical (unpaired) electrons. The van der Waals surface area contributed by atoms with Crippen LogP contribution < -0.4 is 26.0 Å². The number of thiazole rings is 1. The zero-order valence-electron chi connectivity index (χ0n) is 28.4. The monoisotopic (exact) mass is 793 g/mol. The van der Waals surface area contributed by atoms with Gasteiger partial charge in [0.15, 0.2) is 11.9 Å². The van der Waals surface area contributed by atoms with Gasteiger partial charge >= 0.3 is 5.63 Å². The van der Waals surface area contributed by atoms with Crippen molar-refractivity contribution in [2.45, 2.75) is 37.1 Å². The number of thioether (sulfide) groups is 1. The van der Waals surface area contributed by atoms with Crippen LogP contribution in [0.15, 0.2) is 115 Å². The van der Waals surface area contributed by atoms with E-state index in [-0.39, 0.29) is 22.4 Å². The fourth-order valence-corrected chi connectivity index (χ4v) is 9.04. The summed E-state index contributed by atoms with van der Waals surface area (Å²) in [7, 11) is -8.09. The van der Waals surface area contributed by atoms with Gasteiger partial charge in [0.25, 0.3) is 25.2 Å². The number of aromatic nitrogens is 2. The molecule has 53 heavy (non-hydrogen) atoms. The van der Waals surface area contributed by atoms with Crippen LogP contribution in [0.2, 0.25) is 0 Å². The third-order valence-electron chi connectivity index (χ3n) is 8.17. The van der Waals surface area contributed by atoms with Crippen LogP contribution in [0.3, 0.4) is 0 Å². The second-order valence-electron chi connectivity index (χ2n) is 12.0. The largest absolute Gasteiger partial charge is 0.403 e. The van der Waals surface area contributed by atoms with Crippen molar-refractivity contribution in [3.63, 3.8) is 0 Å².